The Morgan fingerprint density at radius 1 is 1.12 bits per heavy atom. The van der Waals surface area contributed by atoms with Crippen LogP contribution in [0.3, 0.4) is 0 Å². The van der Waals surface area contributed by atoms with Crippen molar-refractivity contribution in [1.82, 2.24) is 15.5 Å². The van der Waals surface area contributed by atoms with Crippen LogP contribution in [0.25, 0.3) is 0 Å². The highest BCUT2D eigenvalue weighted by molar-refractivity contribution is 6.09. The minimum absolute atomic E-state index is 0.123. The molecule has 2 N–H and O–H groups in total. The van der Waals surface area contributed by atoms with Gasteiger partial charge in [0.2, 0.25) is 5.91 Å². The maximum atomic E-state index is 12.8. The van der Waals surface area contributed by atoms with Gasteiger partial charge in [-0.25, -0.2) is 4.79 Å². The molecule has 3 rings (SSSR count). The van der Waals surface area contributed by atoms with Crippen molar-refractivity contribution in [2.24, 2.45) is 5.92 Å². The van der Waals surface area contributed by atoms with E-state index in [1.54, 1.807) is 0 Å². The van der Waals surface area contributed by atoms with Gasteiger partial charge >= 0.3 is 6.03 Å². The first-order chi connectivity index (χ1) is 11.5. The van der Waals surface area contributed by atoms with Crippen LogP contribution in [0.2, 0.25) is 0 Å². The summed E-state index contributed by atoms with van der Waals surface area (Å²) in [5.41, 5.74) is -0.780. The lowest BCUT2D eigenvalue weighted by atomic mass is 9.73. The summed E-state index contributed by atoms with van der Waals surface area (Å²) in [7, 11) is 0. The Balaban J connectivity index is 1.61. The Kier molecular flexibility index (Phi) is 5.11. The predicted molar refractivity (Wildman–Crippen MR) is 90.2 cm³/mol. The van der Waals surface area contributed by atoms with E-state index in [9.17, 15) is 14.4 Å². The van der Waals surface area contributed by atoms with Crippen molar-refractivity contribution in [1.29, 1.82) is 0 Å². The van der Waals surface area contributed by atoms with Gasteiger partial charge < -0.3 is 10.6 Å². The molecule has 0 radical (unpaired) electrons. The summed E-state index contributed by atoms with van der Waals surface area (Å²) < 4.78 is 0. The number of urea groups is 1. The molecule has 0 aromatic rings. The molecule has 2 atom stereocenters. The lowest BCUT2D eigenvalue weighted by molar-refractivity contribution is -0.137. The maximum absolute atomic E-state index is 12.8. The second-order valence-corrected chi connectivity index (χ2v) is 7.70. The van der Waals surface area contributed by atoms with Crippen LogP contribution in [0.4, 0.5) is 4.79 Å². The van der Waals surface area contributed by atoms with Crippen LogP contribution in [-0.2, 0) is 9.59 Å². The van der Waals surface area contributed by atoms with E-state index in [1.165, 1.54) is 12.8 Å². The lowest BCUT2D eigenvalue weighted by Crippen LogP contribution is -2.54. The Morgan fingerprint density at radius 2 is 1.79 bits per heavy atom. The average molecular weight is 335 g/mol. The van der Waals surface area contributed by atoms with Gasteiger partial charge in [-0.2, -0.15) is 0 Å². The third-order valence-electron chi connectivity index (χ3n) is 6.02. The summed E-state index contributed by atoms with van der Waals surface area (Å²) in [6.45, 7) is 1.86. The molecule has 6 nitrogen and oxygen atoms in total. The fourth-order valence-corrected chi connectivity index (χ4v) is 4.48. The quantitative estimate of drug-likeness (QED) is 0.614. The Morgan fingerprint density at radius 3 is 2.46 bits per heavy atom. The van der Waals surface area contributed by atoms with E-state index < -0.39 is 11.6 Å². The third kappa shape index (κ3) is 3.28. The molecule has 134 valence electrons. The Hall–Kier alpha value is -1.59. The van der Waals surface area contributed by atoms with Gasteiger partial charge in [-0.15, -0.1) is 0 Å². The van der Waals surface area contributed by atoms with Crippen LogP contribution in [0.15, 0.2) is 0 Å². The molecule has 0 aromatic heterocycles. The molecule has 1 saturated heterocycles. The molecule has 0 aromatic carbocycles. The van der Waals surface area contributed by atoms with Crippen molar-refractivity contribution in [2.75, 3.05) is 6.54 Å². The first-order valence-electron chi connectivity index (χ1n) is 9.46. The molecule has 2 aliphatic carbocycles. The lowest BCUT2D eigenvalue weighted by Gasteiger charge is -2.36. The minimum atomic E-state index is -0.780. The summed E-state index contributed by atoms with van der Waals surface area (Å²) in [6.07, 6.45) is 10.4. The van der Waals surface area contributed by atoms with Gasteiger partial charge in [0.05, 0.1) is 0 Å². The number of hydrogen-bond acceptors (Lipinski definition) is 3. The largest absolute Gasteiger partial charge is 0.352 e. The van der Waals surface area contributed by atoms with Crippen LogP contribution >= 0.6 is 0 Å². The summed E-state index contributed by atoms with van der Waals surface area (Å²) in [5, 5.41) is 5.91. The van der Waals surface area contributed by atoms with E-state index >= 15 is 0 Å². The SMILES string of the molecule is C[C@H]1CCCC[C@]12NC(=O)N(CC(=O)NC1CCCCCC1)C2=O. The van der Waals surface area contributed by atoms with Gasteiger partial charge in [-0.3, -0.25) is 14.5 Å². The van der Waals surface area contributed by atoms with Crippen molar-refractivity contribution < 1.29 is 14.4 Å². The molecule has 3 fully saturated rings. The Bertz CT molecular complexity index is 514. The average Bonchev–Trinajstić information content (AvgIpc) is 2.75. The zero-order valence-electron chi connectivity index (χ0n) is 14.6. The number of nitrogens with zero attached hydrogens (tertiary/aromatic N) is 1. The van der Waals surface area contributed by atoms with Crippen LogP contribution in [0.5, 0.6) is 0 Å². The number of imide groups is 1. The first-order valence-corrected chi connectivity index (χ1v) is 9.46. The van der Waals surface area contributed by atoms with E-state index in [-0.39, 0.29) is 30.3 Å². The molecular weight excluding hydrogens is 306 g/mol. The number of hydrogen-bond donors (Lipinski definition) is 2. The van der Waals surface area contributed by atoms with Crippen molar-refractivity contribution in [2.45, 2.75) is 82.7 Å². The summed E-state index contributed by atoms with van der Waals surface area (Å²) in [4.78, 5) is 38.6. The molecule has 6 heteroatoms. The van der Waals surface area contributed by atoms with Crippen molar-refractivity contribution in [3.8, 4) is 0 Å². The normalized spacial score (nSPS) is 31.9. The first kappa shape index (κ1) is 17.2. The summed E-state index contributed by atoms with van der Waals surface area (Å²) in [6, 6.07) is -0.229. The number of rotatable bonds is 3. The zero-order valence-corrected chi connectivity index (χ0v) is 14.6. The van der Waals surface area contributed by atoms with Gasteiger partial charge in [0.15, 0.2) is 0 Å². The molecule has 1 aliphatic heterocycles. The van der Waals surface area contributed by atoms with Gasteiger partial charge in [0.1, 0.15) is 12.1 Å². The van der Waals surface area contributed by atoms with Crippen molar-refractivity contribution >= 4 is 17.8 Å². The second-order valence-electron chi connectivity index (χ2n) is 7.70. The van der Waals surface area contributed by atoms with E-state index in [0.717, 1.165) is 49.8 Å². The predicted octanol–water partition coefficient (Wildman–Crippen LogP) is 2.33. The van der Waals surface area contributed by atoms with Gasteiger partial charge in [-0.1, -0.05) is 45.4 Å². The number of carbonyl (C=O) groups is 3. The fourth-order valence-electron chi connectivity index (χ4n) is 4.48. The van der Waals surface area contributed by atoms with Crippen LogP contribution in [0, 0.1) is 5.92 Å². The van der Waals surface area contributed by atoms with E-state index in [2.05, 4.69) is 10.6 Å². The molecule has 0 unspecified atom stereocenters. The van der Waals surface area contributed by atoms with Crippen molar-refractivity contribution in [3.05, 3.63) is 0 Å². The highest BCUT2D eigenvalue weighted by atomic mass is 16.2. The summed E-state index contributed by atoms with van der Waals surface area (Å²) >= 11 is 0. The number of amides is 4. The van der Waals surface area contributed by atoms with Gasteiger partial charge in [0.25, 0.3) is 5.91 Å². The minimum Gasteiger partial charge on any atom is -0.352 e. The standard InChI is InChI=1S/C18H29N3O3/c1-13-8-6-7-11-18(13)16(23)21(17(24)20-18)12-15(22)19-14-9-4-2-3-5-10-14/h13-14H,2-12H2,1H3,(H,19,22)(H,20,24)/t13-,18-/m0/s1. The second kappa shape index (κ2) is 7.11. The monoisotopic (exact) mass is 335 g/mol. The van der Waals surface area contributed by atoms with Crippen LogP contribution in [-0.4, -0.2) is 40.9 Å². The Labute approximate surface area is 143 Å². The molecule has 3 aliphatic rings. The van der Waals surface area contributed by atoms with Crippen LogP contribution < -0.4 is 10.6 Å². The maximum Gasteiger partial charge on any atom is 0.325 e. The fraction of sp³-hybridized carbons (Fsp3) is 0.833. The molecule has 1 spiro atoms. The zero-order chi connectivity index (χ0) is 17.2. The molecule has 2 saturated carbocycles. The van der Waals surface area contributed by atoms with Gasteiger partial charge in [0, 0.05) is 6.04 Å². The summed E-state index contributed by atoms with van der Waals surface area (Å²) in [5.74, 6) is -0.306. The highest BCUT2D eigenvalue weighted by Crippen LogP contribution is 2.38. The molecule has 24 heavy (non-hydrogen) atoms. The number of carbonyl (C=O) groups excluding carboxylic acids is 3. The van der Waals surface area contributed by atoms with E-state index in [0.29, 0.717) is 6.42 Å². The van der Waals surface area contributed by atoms with Crippen LogP contribution in [0.1, 0.15) is 71.1 Å². The highest BCUT2D eigenvalue weighted by Gasteiger charge is 2.55. The molecule has 0 bridgehead atoms. The molecule has 1 heterocycles. The number of nitrogens with one attached hydrogen (secondary N) is 2. The third-order valence-corrected chi connectivity index (χ3v) is 6.02. The topological polar surface area (TPSA) is 78.5 Å². The van der Waals surface area contributed by atoms with E-state index in [4.69, 9.17) is 0 Å². The molecular formula is C18H29N3O3. The van der Waals surface area contributed by atoms with E-state index in [1.807, 2.05) is 6.92 Å². The van der Waals surface area contributed by atoms with Gasteiger partial charge in [-0.05, 0) is 31.6 Å². The van der Waals surface area contributed by atoms with Crippen molar-refractivity contribution in [3.63, 3.8) is 0 Å². The molecule has 4 amide bonds. The smallest absolute Gasteiger partial charge is 0.325 e.